The molecule has 9 heteroatoms. The molecule has 0 unspecified atom stereocenters. The predicted octanol–water partition coefficient (Wildman–Crippen LogP) is 0.940. The zero-order valence-electron chi connectivity index (χ0n) is 12.1. The number of nitrogens with two attached hydrogens (primary N) is 1. The van der Waals surface area contributed by atoms with Crippen molar-refractivity contribution in [3.8, 4) is 0 Å². The van der Waals surface area contributed by atoms with Crippen LogP contribution in [0.5, 0.6) is 0 Å². The second-order valence-corrected chi connectivity index (χ2v) is 6.27. The van der Waals surface area contributed by atoms with Gasteiger partial charge in [0.2, 0.25) is 5.91 Å². The van der Waals surface area contributed by atoms with Crippen LogP contribution in [0.4, 0.5) is 11.5 Å². The Hall–Kier alpha value is -2.94. The summed E-state index contributed by atoms with van der Waals surface area (Å²) in [5, 5.41) is 2.54. The van der Waals surface area contributed by atoms with Crippen LogP contribution in [0.1, 0.15) is 17.4 Å². The maximum absolute atomic E-state index is 12.3. The van der Waals surface area contributed by atoms with Gasteiger partial charge in [0, 0.05) is 12.6 Å². The minimum atomic E-state index is -3.88. The Balaban J connectivity index is 2.23. The van der Waals surface area contributed by atoms with Crippen LogP contribution >= 0.6 is 0 Å². The summed E-state index contributed by atoms with van der Waals surface area (Å²) in [7, 11) is -3.88. The Kier molecular flexibility index (Phi) is 4.60. The van der Waals surface area contributed by atoms with Gasteiger partial charge in [-0.05, 0) is 36.4 Å². The molecule has 0 radical (unpaired) electrons. The van der Waals surface area contributed by atoms with Crippen LogP contribution in [0.15, 0.2) is 47.4 Å². The van der Waals surface area contributed by atoms with Gasteiger partial charge in [-0.15, -0.1) is 0 Å². The highest BCUT2D eigenvalue weighted by Gasteiger charge is 2.15. The number of hydrogen-bond acceptors (Lipinski definition) is 5. The smallest absolute Gasteiger partial charge is 0.267 e. The number of hydrogen-bond donors (Lipinski definition) is 3. The Morgan fingerprint density at radius 1 is 1.09 bits per heavy atom. The zero-order valence-corrected chi connectivity index (χ0v) is 12.9. The SMILES string of the molecule is CC(=O)Nc1ccc(S(=O)(=O)Nc2cccc(C(N)=O)n2)cc1. The second kappa shape index (κ2) is 6.44. The van der Waals surface area contributed by atoms with E-state index in [1.54, 1.807) is 0 Å². The van der Waals surface area contributed by atoms with Crippen molar-refractivity contribution in [3.63, 3.8) is 0 Å². The van der Waals surface area contributed by atoms with Crippen molar-refractivity contribution >= 4 is 33.3 Å². The number of pyridine rings is 1. The summed E-state index contributed by atoms with van der Waals surface area (Å²) >= 11 is 0. The van der Waals surface area contributed by atoms with Crippen molar-refractivity contribution in [1.29, 1.82) is 0 Å². The van der Waals surface area contributed by atoms with Crippen molar-refractivity contribution in [2.24, 2.45) is 5.73 Å². The summed E-state index contributed by atoms with van der Waals surface area (Å²) in [4.78, 5) is 25.8. The third-order valence-electron chi connectivity index (χ3n) is 2.73. The standard InChI is InChI=1S/C14H14N4O4S/c1-9(19)16-10-5-7-11(8-6-10)23(21,22)18-13-4-2-3-12(17-13)14(15)20/h2-8H,1H3,(H2,15,20)(H,16,19)(H,17,18). The van der Waals surface area contributed by atoms with Gasteiger partial charge in [0.15, 0.2) is 0 Å². The number of carbonyl (C=O) groups excluding carboxylic acids is 2. The first-order valence-electron chi connectivity index (χ1n) is 6.45. The number of nitrogens with one attached hydrogen (secondary N) is 2. The first-order chi connectivity index (χ1) is 10.8. The summed E-state index contributed by atoms with van der Waals surface area (Å²) < 4.78 is 26.8. The molecule has 0 saturated carbocycles. The number of anilines is 2. The molecule has 8 nitrogen and oxygen atoms in total. The molecule has 0 aliphatic rings. The second-order valence-electron chi connectivity index (χ2n) is 4.58. The van der Waals surface area contributed by atoms with Crippen LogP contribution in [0.3, 0.4) is 0 Å². The molecule has 0 fully saturated rings. The van der Waals surface area contributed by atoms with Gasteiger partial charge in [-0.3, -0.25) is 14.3 Å². The van der Waals surface area contributed by atoms with Crippen LogP contribution in [-0.4, -0.2) is 25.2 Å². The lowest BCUT2D eigenvalue weighted by Gasteiger charge is -2.09. The van der Waals surface area contributed by atoms with Gasteiger partial charge in [0.1, 0.15) is 11.5 Å². The van der Waals surface area contributed by atoms with Crippen molar-refractivity contribution in [2.45, 2.75) is 11.8 Å². The molecule has 23 heavy (non-hydrogen) atoms. The van der Waals surface area contributed by atoms with Crippen molar-refractivity contribution in [3.05, 3.63) is 48.2 Å². The Labute approximate surface area is 132 Å². The molecule has 4 N–H and O–H groups in total. The van der Waals surface area contributed by atoms with Crippen molar-refractivity contribution in [1.82, 2.24) is 4.98 Å². The van der Waals surface area contributed by atoms with Crippen molar-refractivity contribution in [2.75, 3.05) is 10.0 Å². The van der Waals surface area contributed by atoms with E-state index in [1.165, 1.54) is 49.4 Å². The van der Waals surface area contributed by atoms with Gasteiger partial charge in [0.05, 0.1) is 4.90 Å². The van der Waals surface area contributed by atoms with E-state index in [1.807, 2.05) is 0 Å². The summed E-state index contributed by atoms with van der Waals surface area (Å²) in [5.41, 5.74) is 5.53. The maximum Gasteiger partial charge on any atom is 0.267 e. The Bertz CT molecular complexity index is 847. The highest BCUT2D eigenvalue weighted by atomic mass is 32.2. The quantitative estimate of drug-likeness (QED) is 0.749. The summed E-state index contributed by atoms with van der Waals surface area (Å²) in [5.74, 6) is -1.04. The number of nitrogens with zero attached hydrogens (tertiary/aromatic N) is 1. The van der Waals surface area contributed by atoms with Crippen LogP contribution < -0.4 is 15.8 Å². The summed E-state index contributed by atoms with van der Waals surface area (Å²) in [6.07, 6.45) is 0. The molecule has 1 aromatic heterocycles. The monoisotopic (exact) mass is 334 g/mol. The highest BCUT2D eigenvalue weighted by molar-refractivity contribution is 7.92. The summed E-state index contributed by atoms with van der Waals surface area (Å²) in [6.45, 7) is 1.35. The number of sulfonamides is 1. The molecule has 0 atom stereocenters. The van der Waals surface area contributed by atoms with E-state index < -0.39 is 15.9 Å². The first-order valence-corrected chi connectivity index (χ1v) is 7.93. The molecule has 1 aromatic carbocycles. The fraction of sp³-hybridized carbons (Fsp3) is 0.0714. The van der Waals surface area contributed by atoms with Gasteiger partial charge in [-0.1, -0.05) is 6.07 Å². The molecule has 2 amide bonds. The Morgan fingerprint density at radius 3 is 2.30 bits per heavy atom. The van der Waals surface area contributed by atoms with E-state index in [0.717, 1.165) is 0 Å². The van der Waals surface area contributed by atoms with Gasteiger partial charge < -0.3 is 11.1 Å². The molecule has 2 rings (SSSR count). The number of aromatic nitrogens is 1. The average molecular weight is 334 g/mol. The Morgan fingerprint density at radius 2 is 1.74 bits per heavy atom. The topological polar surface area (TPSA) is 131 Å². The normalized spacial score (nSPS) is 10.8. The van der Waals surface area contributed by atoms with Crippen LogP contribution in [0.2, 0.25) is 0 Å². The molecule has 2 aromatic rings. The molecular formula is C14H14N4O4S. The lowest BCUT2D eigenvalue weighted by Crippen LogP contribution is -2.17. The van der Waals surface area contributed by atoms with E-state index in [0.29, 0.717) is 5.69 Å². The first kappa shape index (κ1) is 16.4. The molecule has 1 heterocycles. The molecule has 0 bridgehead atoms. The van der Waals surface area contributed by atoms with E-state index in [4.69, 9.17) is 5.73 Å². The van der Waals surface area contributed by atoms with Gasteiger partial charge in [-0.2, -0.15) is 0 Å². The van der Waals surface area contributed by atoms with Crippen LogP contribution in [0, 0.1) is 0 Å². The lowest BCUT2D eigenvalue weighted by molar-refractivity contribution is -0.114. The zero-order chi connectivity index (χ0) is 17.0. The number of rotatable bonds is 5. The number of carbonyl (C=O) groups is 2. The van der Waals surface area contributed by atoms with Gasteiger partial charge in [0.25, 0.3) is 15.9 Å². The molecule has 0 aliphatic carbocycles. The summed E-state index contributed by atoms with van der Waals surface area (Å²) in [6, 6.07) is 9.84. The fourth-order valence-corrected chi connectivity index (χ4v) is 2.75. The van der Waals surface area contributed by atoms with E-state index in [2.05, 4.69) is 15.0 Å². The van der Waals surface area contributed by atoms with Crippen LogP contribution in [0.25, 0.3) is 0 Å². The number of primary amides is 1. The molecular weight excluding hydrogens is 320 g/mol. The fourth-order valence-electron chi connectivity index (χ4n) is 1.75. The number of amides is 2. The minimum Gasteiger partial charge on any atom is -0.364 e. The van der Waals surface area contributed by atoms with E-state index in [9.17, 15) is 18.0 Å². The number of benzene rings is 1. The molecule has 0 saturated heterocycles. The molecule has 0 spiro atoms. The van der Waals surface area contributed by atoms with Crippen molar-refractivity contribution < 1.29 is 18.0 Å². The largest absolute Gasteiger partial charge is 0.364 e. The van der Waals surface area contributed by atoms with E-state index >= 15 is 0 Å². The molecule has 120 valence electrons. The van der Waals surface area contributed by atoms with Crippen LogP contribution in [-0.2, 0) is 14.8 Å². The minimum absolute atomic E-state index is 0.0159. The third-order valence-corrected chi connectivity index (χ3v) is 4.10. The lowest BCUT2D eigenvalue weighted by atomic mass is 10.3. The third kappa shape index (κ3) is 4.27. The van der Waals surface area contributed by atoms with E-state index in [-0.39, 0.29) is 22.3 Å². The highest BCUT2D eigenvalue weighted by Crippen LogP contribution is 2.17. The van der Waals surface area contributed by atoms with Gasteiger partial charge >= 0.3 is 0 Å². The average Bonchev–Trinajstić information content (AvgIpc) is 2.47. The molecule has 0 aliphatic heterocycles. The van der Waals surface area contributed by atoms with Gasteiger partial charge in [-0.25, -0.2) is 13.4 Å². The predicted molar refractivity (Wildman–Crippen MR) is 84.3 cm³/mol. The maximum atomic E-state index is 12.3.